The first-order valence-corrected chi connectivity index (χ1v) is 8.21. The van der Waals surface area contributed by atoms with Crippen LogP contribution in [0.5, 0.6) is 0 Å². The van der Waals surface area contributed by atoms with E-state index in [9.17, 15) is 14.4 Å². The average Bonchev–Trinajstić information content (AvgIpc) is 2.88. The highest BCUT2D eigenvalue weighted by Crippen LogP contribution is 2.46. The number of thiazole rings is 1. The van der Waals surface area contributed by atoms with Crippen LogP contribution < -0.4 is 4.90 Å². The number of amides is 2. The lowest BCUT2D eigenvalue weighted by molar-refractivity contribution is -0.134. The third-order valence-corrected chi connectivity index (χ3v) is 5.34. The summed E-state index contributed by atoms with van der Waals surface area (Å²) in [4.78, 5) is 41.5. The van der Waals surface area contributed by atoms with Crippen molar-refractivity contribution in [2.24, 2.45) is 5.41 Å². The van der Waals surface area contributed by atoms with Crippen molar-refractivity contribution in [3.8, 4) is 0 Å². The van der Waals surface area contributed by atoms with Gasteiger partial charge in [0, 0.05) is 25.1 Å². The van der Waals surface area contributed by atoms with Gasteiger partial charge in [0.2, 0.25) is 11.8 Å². The zero-order valence-corrected chi connectivity index (χ0v) is 12.9. The maximum Gasteiger partial charge on any atom is 0.236 e. The summed E-state index contributed by atoms with van der Waals surface area (Å²) in [5.41, 5.74) is 0.192. The maximum atomic E-state index is 12.4. The molecule has 0 N–H and O–H groups in total. The van der Waals surface area contributed by atoms with Gasteiger partial charge in [0.05, 0.1) is 0 Å². The summed E-state index contributed by atoms with van der Waals surface area (Å²) in [6.45, 7) is 1.43. The molecular formula is C15H18N2O3S. The number of hydrogen-bond donors (Lipinski definition) is 0. The maximum absolute atomic E-state index is 12.4. The number of piperidine rings is 1. The number of rotatable bonds is 2. The monoisotopic (exact) mass is 306 g/mol. The zero-order valence-electron chi connectivity index (χ0n) is 12.1. The van der Waals surface area contributed by atoms with Crippen molar-refractivity contribution in [2.45, 2.75) is 51.9 Å². The lowest BCUT2D eigenvalue weighted by Crippen LogP contribution is -2.48. The molecule has 2 fully saturated rings. The van der Waals surface area contributed by atoms with Crippen molar-refractivity contribution in [1.82, 2.24) is 4.98 Å². The molecule has 2 heterocycles. The Balaban J connectivity index is 1.83. The number of Topliss-reactive ketones (excluding diaryl/α,β-unsaturated/α-hetero) is 1. The van der Waals surface area contributed by atoms with Gasteiger partial charge in [-0.15, -0.1) is 11.3 Å². The van der Waals surface area contributed by atoms with Crippen LogP contribution >= 0.6 is 11.3 Å². The van der Waals surface area contributed by atoms with Gasteiger partial charge in [-0.1, -0.05) is 19.3 Å². The van der Waals surface area contributed by atoms with Crippen molar-refractivity contribution in [2.75, 3.05) is 4.90 Å². The number of nitrogens with zero attached hydrogens (tertiary/aromatic N) is 2. The molecule has 0 bridgehead atoms. The summed E-state index contributed by atoms with van der Waals surface area (Å²) in [6.07, 6.45) is 6.19. The standard InChI is InChI=1S/C15H18N2O3S/c1-10(18)11-9-21-14(16-11)17-12(19)7-15(8-13(17)20)5-3-2-4-6-15/h9H,2-8H2,1H3. The van der Waals surface area contributed by atoms with Gasteiger partial charge in [-0.25, -0.2) is 9.88 Å². The van der Waals surface area contributed by atoms with E-state index < -0.39 is 0 Å². The highest BCUT2D eigenvalue weighted by atomic mass is 32.1. The number of hydrogen-bond acceptors (Lipinski definition) is 5. The first kappa shape index (κ1) is 14.4. The van der Waals surface area contributed by atoms with Gasteiger partial charge in [-0.3, -0.25) is 14.4 Å². The first-order valence-electron chi connectivity index (χ1n) is 7.33. The van der Waals surface area contributed by atoms with E-state index in [2.05, 4.69) is 4.98 Å². The highest BCUT2D eigenvalue weighted by Gasteiger charge is 2.45. The number of imide groups is 1. The molecule has 0 aromatic carbocycles. The topological polar surface area (TPSA) is 67.3 Å². The highest BCUT2D eigenvalue weighted by molar-refractivity contribution is 7.14. The van der Waals surface area contributed by atoms with E-state index in [1.807, 2.05) is 0 Å². The zero-order chi connectivity index (χ0) is 15.0. The Morgan fingerprint density at radius 1 is 1.19 bits per heavy atom. The number of anilines is 1. The van der Waals surface area contributed by atoms with Crippen molar-refractivity contribution >= 4 is 34.1 Å². The van der Waals surface area contributed by atoms with Gasteiger partial charge in [0.25, 0.3) is 0 Å². The van der Waals surface area contributed by atoms with Crippen LogP contribution in [-0.2, 0) is 9.59 Å². The Morgan fingerprint density at radius 3 is 2.33 bits per heavy atom. The molecule has 1 aromatic heterocycles. The fourth-order valence-electron chi connectivity index (χ4n) is 3.40. The molecule has 21 heavy (non-hydrogen) atoms. The Hall–Kier alpha value is -1.56. The molecule has 0 atom stereocenters. The normalized spacial score (nSPS) is 21.9. The van der Waals surface area contributed by atoms with Crippen molar-refractivity contribution < 1.29 is 14.4 Å². The fourth-order valence-corrected chi connectivity index (χ4v) is 4.29. The van der Waals surface area contributed by atoms with Crippen LogP contribution in [0.3, 0.4) is 0 Å². The number of aromatic nitrogens is 1. The predicted octanol–water partition coefficient (Wildman–Crippen LogP) is 2.95. The van der Waals surface area contributed by atoms with E-state index in [-0.39, 0.29) is 23.0 Å². The molecule has 2 amide bonds. The lowest BCUT2D eigenvalue weighted by atomic mass is 9.68. The minimum atomic E-state index is -0.169. The van der Waals surface area contributed by atoms with Crippen molar-refractivity contribution in [3.63, 3.8) is 0 Å². The molecule has 6 heteroatoms. The van der Waals surface area contributed by atoms with Crippen LogP contribution in [0.4, 0.5) is 5.13 Å². The molecule has 112 valence electrons. The molecule has 2 aliphatic rings. The molecule has 0 radical (unpaired) electrons. The van der Waals surface area contributed by atoms with Gasteiger partial charge in [0.15, 0.2) is 10.9 Å². The number of ketones is 1. The van der Waals surface area contributed by atoms with Crippen molar-refractivity contribution in [1.29, 1.82) is 0 Å². The van der Waals surface area contributed by atoms with Crippen LogP contribution in [0.15, 0.2) is 5.38 Å². The molecule has 1 spiro atoms. The Labute approximate surface area is 127 Å². The van der Waals surface area contributed by atoms with Crippen molar-refractivity contribution in [3.05, 3.63) is 11.1 Å². The predicted molar refractivity (Wildman–Crippen MR) is 79.4 cm³/mol. The molecule has 1 saturated heterocycles. The van der Waals surface area contributed by atoms with Crippen LogP contribution in [-0.4, -0.2) is 22.6 Å². The Bertz CT molecular complexity index is 582. The first-order chi connectivity index (χ1) is 10.0. The third-order valence-electron chi connectivity index (χ3n) is 4.51. The van der Waals surface area contributed by atoms with E-state index in [0.717, 1.165) is 25.7 Å². The van der Waals surface area contributed by atoms with Gasteiger partial charge >= 0.3 is 0 Å². The average molecular weight is 306 g/mol. The molecule has 1 aromatic rings. The van der Waals surface area contributed by atoms with Gasteiger partial charge < -0.3 is 0 Å². The third kappa shape index (κ3) is 2.64. The van der Waals surface area contributed by atoms with Crippen LogP contribution in [0.1, 0.15) is 62.4 Å². The summed E-state index contributed by atoms with van der Waals surface area (Å²) in [5.74, 6) is -0.492. The summed E-state index contributed by atoms with van der Waals surface area (Å²) >= 11 is 1.18. The van der Waals surface area contributed by atoms with E-state index in [4.69, 9.17) is 0 Å². The minimum absolute atomic E-state index is 0.121. The van der Waals surface area contributed by atoms with E-state index in [1.54, 1.807) is 5.38 Å². The molecule has 1 saturated carbocycles. The summed E-state index contributed by atoms with van der Waals surface area (Å²) in [5, 5.41) is 1.93. The largest absolute Gasteiger partial charge is 0.293 e. The molecule has 3 rings (SSSR count). The van der Waals surface area contributed by atoms with Gasteiger partial charge in [-0.2, -0.15) is 0 Å². The number of carbonyl (C=O) groups is 3. The fraction of sp³-hybridized carbons (Fsp3) is 0.600. The molecule has 0 unspecified atom stereocenters. The molecule has 1 aliphatic carbocycles. The lowest BCUT2D eigenvalue weighted by Gasteiger charge is -2.41. The summed E-state index contributed by atoms with van der Waals surface area (Å²) in [6, 6.07) is 0. The second kappa shape index (κ2) is 5.33. The van der Waals surface area contributed by atoms with E-state index in [1.165, 1.54) is 29.6 Å². The smallest absolute Gasteiger partial charge is 0.236 e. The van der Waals surface area contributed by atoms with Crippen LogP contribution in [0.2, 0.25) is 0 Å². The number of carbonyl (C=O) groups excluding carboxylic acids is 3. The van der Waals surface area contributed by atoms with Crippen LogP contribution in [0, 0.1) is 5.41 Å². The summed E-state index contributed by atoms with van der Waals surface area (Å²) < 4.78 is 0. The van der Waals surface area contributed by atoms with Crippen LogP contribution in [0.25, 0.3) is 0 Å². The van der Waals surface area contributed by atoms with Gasteiger partial charge in [-0.05, 0) is 18.3 Å². The summed E-state index contributed by atoms with van der Waals surface area (Å²) in [7, 11) is 0. The second-order valence-corrected chi connectivity index (χ2v) is 6.95. The SMILES string of the molecule is CC(=O)c1csc(N2C(=O)CC3(CCCCC3)CC2=O)n1. The van der Waals surface area contributed by atoms with E-state index in [0.29, 0.717) is 23.7 Å². The minimum Gasteiger partial charge on any atom is -0.293 e. The van der Waals surface area contributed by atoms with Gasteiger partial charge in [0.1, 0.15) is 5.69 Å². The van der Waals surface area contributed by atoms with E-state index >= 15 is 0 Å². The molecule has 5 nitrogen and oxygen atoms in total. The molecule has 1 aliphatic heterocycles. The second-order valence-electron chi connectivity index (χ2n) is 6.11. The quantitative estimate of drug-likeness (QED) is 0.622. The Morgan fingerprint density at radius 2 is 1.81 bits per heavy atom. The molecular weight excluding hydrogens is 288 g/mol. The Kier molecular flexibility index (Phi) is 3.65.